The molecule has 2 amide bonds. The molecule has 0 spiro atoms. The van der Waals surface area contributed by atoms with Crippen molar-refractivity contribution in [1.29, 1.82) is 0 Å². The van der Waals surface area contributed by atoms with E-state index in [2.05, 4.69) is 19.2 Å². The number of piperidine rings is 1. The first kappa shape index (κ1) is 13.1. The van der Waals surface area contributed by atoms with Gasteiger partial charge in [-0.3, -0.25) is 14.5 Å². The summed E-state index contributed by atoms with van der Waals surface area (Å²) >= 11 is 0. The summed E-state index contributed by atoms with van der Waals surface area (Å²) in [5, 5.41) is 3.34. The van der Waals surface area contributed by atoms with Crippen LogP contribution >= 0.6 is 0 Å². The predicted octanol–water partition coefficient (Wildman–Crippen LogP) is 1.41. The van der Waals surface area contributed by atoms with Gasteiger partial charge in [-0.2, -0.15) is 0 Å². The number of amides is 2. The maximum Gasteiger partial charge on any atom is 0.233 e. The highest BCUT2D eigenvalue weighted by atomic mass is 16.2. The van der Waals surface area contributed by atoms with Crippen LogP contribution in [0.25, 0.3) is 0 Å². The normalized spacial score (nSPS) is 42.8. The Morgan fingerprint density at radius 1 is 1.11 bits per heavy atom. The fraction of sp³-hybridized carbons (Fsp3) is 0.867. The van der Waals surface area contributed by atoms with E-state index in [4.69, 9.17) is 0 Å². The molecule has 2 saturated heterocycles. The molecule has 4 heteroatoms. The van der Waals surface area contributed by atoms with Gasteiger partial charge in [0.2, 0.25) is 11.8 Å². The molecule has 2 heterocycles. The van der Waals surface area contributed by atoms with Gasteiger partial charge in [0.05, 0.1) is 17.9 Å². The van der Waals surface area contributed by atoms with E-state index in [0.29, 0.717) is 11.8 Å². The van der Waals surface area contributed by atoms with Crippen LogP contribution in [0.4, 0.5) is 0 Å². The van der Waals surface area contributed by atoms with Gasteiger partial charge in [0.15, 0.2) is 0 Å². The molecule has 1 N–H and O–H groups in total. The van der Waals surface area contributed by atoms with Crippen molar-refractivity contribution < 1.29 is 9.59 Å². The molecule has 1 saturated carbocycles. The van der Waals surface area contributed by atoms with Crippen LogP contribution < -0.4 is 5.32 Å². The van der Waals surface area contributed by atoms with E-state index in [1.807, 2.05) is 0 Å². The molecule has 4 atom stereocenters. The first-order valence-corrected chi connectivity index (χ1v) is 7.69. The molecular weight excluding hydrogens is 240 g/mol. The van der Waals surface area contributed by atoms with Crippen molar-refractivity contribution in [1.82, 2.24) is 10.2 Å². The van der Waals surface area contributed by atoms with Gasteiger partial charge in [-0.15, -0.1) is 0 Å². The highest BCUT2D eigenvalue weighted by molar-refractivity contribution is 6.05. The van der Waals surface area contributed by atoms with Gasteiger partial charge in [0.1, 0.15) is 0 Å². The summed E-state index contributed by atoms with van der Waals surface area (Å²) in [6, 6.07) is 0.0921. The van der Waals surface area contributed by atoms with Gasteiger partial charge >= 0.3 is 0 Å². The Bertz CT molecular complexity index is 372. The standard InChI is InChI=1S/C15H24N2O2/c1-3-10-5-12-13(6-10)15(19)17(14(12)18)11-4-9(2)7-16-8-11/h9-13,16H,3-8H2,1-2H3. The summed E-state index contributed by atoms with van der Waals surface area (Å²) in [6.07, 6.45) is 3.91. The maximum atomic E-state index is 12.5. The third-order valence-corrected chi connectivity index (χ3v) is 5.26. The van der Waals surface area contributed by atoms with E-state index in [1.165, 1.54) is 0 Å². The Morgan fingerprint density at radius 3 is 2.26 bits per heavy atom. The quantitative estimate of drug-likeness (QED) is 0.767. The number of likely N-dealkylation sites (tertiary alicyclic amines) is 1. The van der Waals surface area contributed by atoms with Crippen LogP contribution in [-0.2, 0) is 9.59 Å². The molecule has 0 radical (unpaired) electrons. The van der Waals surface area contributed by atoms with Gasteiger partial charge in [-0.1, -0.05) is 20.3 Å². The lowest BCUT2D eigenvalue weighted by atomic mass is 9.96. The van der Waals surface area contributed by atoms with Crippen LogP contribution in [0.15, 0.2) is 0 Å². The third kappa shape index (κ3) is 2.10. The fourth-order valence-corrected chi connectivity index (χ4v) is 4.17. The minimum Gasteiger partial charge on any atom is -0.314 e. The summed E-state index contributed by atoms with van der Waals surface area (Å²) in [5.74, 6) is 1.35. The first-order chi connectivity index (χ1) is 9.11. The van der Waals surface area contributed by atoms with Crippen LogP contribution in [0, 0.1) is 23.7 Å². The molecule has 0 bridgehead atoms. The number of nitrogens with zero attached hydrogens (tertiary/aromatic N) is 1. The molecule has 2 aliphatic heterocycles. The van der Waals surface area contributed by atoms with Crippen LogP contribution in [0.3, 0.4) is 0 Å². The Labute approximate surface area is 114 Å². The number of carbonyl (C=O) groups is 2. The molecule has 106 valence electrons. The molecule has 3 fully saturated rings. The lowest BCUT2D eigenvalue weighted by molar-refractivity contribution is -0.144. The highest BCUT2D eigenvalue weighted by Crippen LogP contribution is 2.45. The number of hydrogen-bond acceptors (Lipinski definition) is 3. The van der Waals surface area contributed by atoms with Gasteiger partial charge < -0.3 is 5.32 Å². The number of nitrogens with one attached hydrogen (secondary N) is 1. The molecule has 4 nitrogen and oxygen atoms in total. The summed E-state index contributed by atoms with van der Waals surface area (Å²) in [7, 11) is 0. The van der Waals surface area contributed by atoms with Crippen LogP contribution in [0.1, 0.15) is 39.5 Å². The molecular formula is C15H24N2O2. The second-order valence-corrected chi connectivity index (χ2v) is 6.66. The molecule has 3 aliphatic rings. The van der Waals surface area contributed by atoms with Gasteiger partial charge in [-0.05, 0) is 37.6 Å². The zero-order chi connectivity index (χ0) is 13.6. The average Bonchev–Trinajstić information content (AvgIpc) is 2.91. The average molecular weight is 264 g/mol. The van der Waals surface area contributed by atoms with Crippen molar-refractivity contribution in [2.45, 2.75) is 45.6 Å². The topological polar surface area (TPSA) is 49.4 Å². The lowest BCUT2D eigenvalue weighted by Crippen LogP contribution is -2.51. The first-order valence-electron chi connectivity index (χ1n) is 7.69. The van der Waals surface area contributed by atoms with Gasteiger partial charge in [0, 0.05) is 6.54 Å². The molecule has 0 aromatic rings. The SMILES string of the molecule is CCC1CC2C(=O)N(C3CNCC(C)C3)C(=O)C2C1. The minimum atomic E-state index is -0.00492. The maximum absolute atomic E-state index is 12.5. The molecule has 4 unspecified atom stereocenters. The summed E-state index contributed by atoms with van der Waals surface area (Å²) < 4.78 is 0. The number of rotatable bonds is 2. The third-order valence-electron chi connectivity index (χ3n) is 5.26. The fourth-order valence-electron chi connectivity index (χ4n) is 4.17. The summed E-state index contributed by atoms with van der Waals surface area (Å²) in [5.41, 5.74) is 0. The van der Waals surface area contributed by atoms with E-state index in [0.717, 1.165) is 38.8 Å². The van der Waals surface area contributed by atoms with E-state index < -0.39 is 0 Å². The van der Waals surface area contributed by atoms with Crippen molar-refractivity contribution in [3.8, 4) is 0 Å². The van der Waals surface area contributed by atoms with E-state index in [9.17, 15) is 9.59 Å². The highest BCUT2D eigenvalue weighted by Gasteiger charge is 2.54. The second-order valence-electron chi connectivity index (χ2n) is 6.66. The van der Waals surface area contributed by atoms with Crippen molar-refractivity contribution in [3.05, 3.63) is 0 Å². The van der Waals surface area contributed by atoms with Crippen LogP contribution in [0.2, 0.25) is 0 Å². The van der Waals surface area contributed by atoms with Crippen molar-refractivity contribution in [3.63, 3.8) is 0 Å². The molecule has 1 aliphatic carbocycles. The molecule has 0 aromatic heterocycles. The van der Waals surface area contributed by atoms with Gasteiger partial charge in [-0.25, -0.2) is 0 Å². The molecule has 0 aromatic carbocycles. The summed E-state index contributed by atoms with van der Waals surface area (Å²) in [4.78, 5) is 26.7. The smallest absolute Gasteiger partial charge is 0.233 e. The zero-order valence-electron chi connectivity index (χ0n) is 11.9. The second kappa shape index (κ2) is 4.89. The zero-order valence-corrected chi connectivity index (χ0v) is 11.9. The van der Waals surface area contributed by atoms with Crippen molar-refractivity contribution in [2.24, 2.45) is 23.7 Å². The number of hydrogen-bond donors (Lipinski definition) is 1. The molecule has 3 rings (SSSR count). The van der Waals surface area contributed by atoms with Crippen molar-refractivity contribution in [2.75, 3.05) is 13.1 Å². The van der Waals surface area contributed by atoms with Crippen LogP contribution in [0.5, 0.6) is 0 Å². The predicted molar refractivity (Wildman–Crippen MR) is 72.3 cm³/mol. The minimum absolute atomic E-state index is 0.00492. The summed E-state index contributed by atoms with van der Waals surface area (Å²) in [6.45, 7) is 6.11. The molecule has 19 heavy (non-hydrogen) atoms. The largest absolute Gasteiger partial charge is 0.314 e. The van der Waals surface area contributed by atoms with E-state index in [1.54, 1.807) is 4.90 Å². The Balaban J connectivity index is 1.75. The Kier molecular flexibility index (Phi) is 3.37. The van der Waals surface area contributed by atoms with Crippen LogP contribution in [-0.4, -0.2) is 35.8 Å². The number of carbonyl (C=O) groups excluding carboxylic acids is 2. The Hall–Kier alpha value is -0.900. The number of fused-ring (bicyclic) bond motifs is 1. The monoisotopic (exact) mass is 264 g/mol. The van der Waals surface area contributed by atoms with Gasteiger partial charge in [0.25, 0.3) is 0 Å². The Morgan fingerprint density at radius 2 is 1.74 bits per heavy atom. The van der Waals surface area contributed by atoms with Crippen molar-refractivity contribution >= 4 is 11.8 Å². The number of imide groups is 1. The van der Waals surface area contributed by atoms with E-state index >= 15 is 0 Å². The lowest BCUT2D eigenvalue weighted by Gasteiger charge is -2.34. The van der Waals surface area contributed by atoms with E-state index in [-0.39, 0.29) is 29.7 Å².